The number of carbonyl (C=O) groups is 3. The van der Waals surface area contributed by atoms with E-state index in [2.05, 4.69) is 55.8 Å². The number of nitrogens with zero attached hydrogens (tertiary/aromatic N) is 2. The van der Waals surface area contributed by atoms with Crippen molar-refractivity contribution >= 4 is 63.2 Å². The molecule has 2 rings (SSSR count). The van der Waals surface area contributed by atoms with Crippen LogP contribution < -0.4 is 10.6 Å². The highest BCUT2D eigenvalue weighted by atomic mass is 127. The van der Waals surface area contributed by atoms with E-state index in [1.165, 1.54) is 0 Å². The molecule has 0 saturated carbocycles. The molecule has 2 amide bonds. The summed E-state index contributed by atoms with van der Waals surface area (Å²) in [5, 5.41) is 6.67. The van der Waals surface area contributed by atoms with Gasteiger partial charge in [0.15, 0.2) is 0 Å². The molecule has 9 nitrogen and oxygen atoms in total. The second-order valence-corrected chi connectivity index (χ2v) is 8.30. The summed E-state index contributed by atoms with van der Waals surface area (Å²) in [4.78, 5) is 39.0. The second-order valence-electron chi connectivity index (χ2n) is 6.77. The first-order chi connectivity index (χ1) is 13.5. The monoisotopic (exact) mass is 622 g/mol. The number of amides is 2. The van der Waals surface area contributed by atoms with Gasteiger partial charge in [0.25, 0.3) is 0 Å². The fourth-order valence-electron chi connectivity index (χ4n) is 3.27. The third-order valence-electron chi connectivity index (χ3n) is 4.82. The molecule has 0 spiro atoms. The molecule has 28 heavy (non-hydrogen) atoms. The lowest BCUT2D eigenvalue weighted by molar-refractivity contribution is -0.130. The predicted molar refractivity (Wildman–Crippen MR) is 121 cm³/mol. The van der Waals surface area contributed by atoms with Crippen molar-refractivity contribution in [3.8, 4) is 0 Å². The largest absolute Gasteiger partial charge is 0.508 e. The second kappa shape index (κ2) is 13.0. The summed E-state index contributed by atoms with van der Waals surface area (Å²) in [7, 11) is 0. The SMILES string of the molecule is O=C(OCCC1CN(C(=O)CI)CCN1)OCCC1CN(C(=O)CI)CCN1. The maximum Gasteiger partial charge on any atom is 0.508 e. The Morgan fingerprint density at radius 1 is 0.821 bits per heavy atom. The van der Waals surface area contributed by atoms with Crippen molar-refractivity contribution in [2.75, 3.05) is 61.3 Å². The molecule has 2 heterocycles. The first-order valence-electron chi connectivity index (χ1n) is 9.47. The molecular formula is C17H28I2N4O5. The van der Waals surface area contributed by atoms with E-state index in [0.29, 0.717) is 34.8 Å². The van der Waals surface area contributed by atoms with Crippen molar-refractivity contribution < 1.29 is 23.9 Å². The Labute approximate surface area is 192 Å². The number of nitrogens with one attached hydrogen (secondary N) is 2. The Kier molecular flexibility index (Phi) is 11.1. The molecule has 2 atom stereocenters. The van der Waals surface area contributed by atoms with E-state index in [0.717, 1.165) is 26.2 Å². The number of piperazine rings is 2. The number of rotatable bonds is 8. The molecule has 2 unspecified atom stereocenters. The van der Waals surface area contributed by atoms with Crippen LogP contribution in [-0.4, -0.2) is 101 Å². The van der Waals surface area contributed by atoms with Crippen molar-refractivity contribution in [2.45, 2.75) is 24.9 Å². The van der Waals surface area contributed by atoms with Gasteiger partial charge in [-0.2, -0.15) is 0 Å². The van der Waals surface area contributed by atoms with Gasteiger partial charge in [0.05, 0.1) is 22.1 Å². The van der Waals surface area contributed by atoms with E-state index >= 15 is 0 Å². The average Bonchev–Trinajstić information content (AvgIpc) is 2.73. The first kappa shape index (κ1) is 23.9. The van der Waals surface area contributed by atoms with Gasteiger partial charge in [-0.05, 0) is 12.8 Å². The van der Waals surface area contributed by atoms with Gasteiger partial charge in [0.2, 0.25) is 11.8 Å². The van der Waals surface area contributed by atoms with Crippen LogP contribution in [0.4, 0.5) is 4.79 Å². The number of hydrogen-bond acceptors (Lipinski definition) is 7. The smallest absolute Gasteiger partial charge is 0.434 e. The fourth-order valence-corrected chi connectivity index (χ4v) is 4.24. The summed E-state index contributed by atoms with van der Waals surface area (Å²) in [6.07, 6.45) is 0.599. The minimum Gasteiger partial charge on any atom is -0.434 e. The van der Waals surface area contributed by atoms with Crippen LogP contribution in [0.5, 0.6) is 0 Å². The average molecular weight is 622 g/mol. The van der Waals surface area contributed by atoms with Crippen molar-refractivity contribution in [1.82, 2.24) is 20.4 Å². The van der Waals surface area contributed by atoms with Gasteiger partial charge in [-0.25, -0.2) is 4.79 Å². The number of hydrogen-bond donors (Lipinski definition) is 2. The van der Waals surface area contributed by atoms with Gasteiger partial charge >= 0.3 is 6.16 Å². The van der Waals surface area contributed by atoms with Crippen LogP contribution in [0.25, 0.3) is 0 Å². The molecule has 2 aliphatic heterocycles. The maximum atomic E-state index is 11.8. The van der Waals surface area contributed by atoms with Crippen molar-refractivity contribution in [3.63, 3.8) is 0 Å². The van der Waals surface area contributed by atoms with Crippen LogP contribution in [0.1, 0.15) is 12.8 Å². The molecule has 2 fully saturated rings. The highest BCUT2D eigenvalue weighted by Gasteiger charge is 2.24. The molecule has 11 heteroatoms. The van der Waals surface area contributed by atoms with E-state index in [1.54, 1.807) is 0 Å². The third-order valence-corrected chi connectivity index (χ3v) is 6.12. The molecule has 2 aliphatic rings. The minimum atomic E-state index is -0.674. The predicted octanol–water partition coefficient (Wildman–Crippen LogP) is 0.391. The summed E-state index contributed by atoms with van der Waals surface area (Å²) in [5.41, 5.74) is 0. The Morgan fingerprint density at radius 3 is 1.64 bits per heavy atom. The molecule has 0 aromatic rings. The third kappa shape index (κ3) is 8.14. The molecule has 0 aliphatic carbocycles. The van der Waals surface area contributed by atoms with E-state index in [1.807, 2.05) is 9.80 Å². The lowest BCUT2D eigenvalue weighted by Crippen LogP contribution is -2.53. The highest BCUT2D eigenvalue weighted by molar-refractivity contribution is 14.1. The van der Waals surface area contributed by atoms with Crippen LogP contribution >= 0.6 is 45.2 Å². The van der Waals surface area contributed by atoms with E-state index in [9.17, 15) is 14.4 Å². The topological polar surface area (TPSA) is 100 Å². The molecule has 2 saturated heterocycles. The van der Waals surface area contributed by atoms with Crippen LogP contribution in [0.15, 0.2) is 0 Å². The Hall–Kier alpha value is -0.410. The van der Waals surface area contributed by atoms with Crippen LogP contribution in [0.2, 0.25) is 0 Å². The van der Waals surface area contributed by atoms with Gasteiger partial charge in [-0.1, -0.05) is 45.2 Å². The normalized spacial score (nSPS) is 22.6. The van der Waals surface area contributed by atoms with Gasteiger partial charge in [0, 0.05) is 51.4 Å². The first-order valence-corrected chi connectivity index (χ1v) is 12.5. The highest BCUT2D eigenvalue weighted by Crippen LogP contribution is 2.07. The van der Waals surface area contributed by atoms with Crippen LogP contribution in [-0.2, 0) is 19.1 Å². The van der Waals surface area contributed by atoms with Crippen molar-refractivity contribution in [2.24, 2.45) is 0 Å². The summed E-state index contributed by atoms with van der Waals surface area (Å²) in [6.45, 7) is 4.73. The summed E-state index contributed by atoms with van der Waals surface area (Å²) in [5.74, 6) is 0.282. The van der Waals surface area contributed by atoms with E-state index in [4.69, 9.17) is 9.47 Å². The number of halogens is 2. The van der Waals surface area contributed by atoms with E-state index in [-0.39, 0.29) is 37.1 Å². The molecule has 160 valence electrons. The fraction of sp³-hybridized carbons (Fsp3) is 0.824. The zero-order valence-electron chi connectivity index (χ0n) is 15.8. The Balaban J connectivity index is 1.56. The van der Waals surface area contributed by atoms with E-state index < -0.39 is 6.16 Å². The van der Waals surface area contributed by atoms with Crippen LogP contribution in [0.3, 0.4) is 0 Å². The molecule has 0 bridgehead atoms. The minimum absolute atomic E-state index is 0.126. The molecule has 0 aromatic heterocycles. The lowest BCUT2D eigenvalue weighted by Gasteiger charge is -2.33. The van der Waals surface area contributed by atoms with Gasteiger partial charge in [-0.3, -0.25) is 9.59 Å². The molecular weight excluding hydrogens is 594 g/mol. The van der Waals surface area contributed by atoms with Gasteiger partial charge in [0.1, 0.15) is 0 Å². The van der Waals surface area contributed by atoms with Crippen molar-refractivity contribution in [3.05, 3.63) is 0 Å². The summed E-state index contributed by atoms with van der Waals surface area (Å²) < 4.78 is 11.2. The lowest BCUT2D eigenvalue weighted by atomic mass is 10.1. The molecule has 0 aromatic carbocycles. The number of alkyl halides is 2. The zero-order chi connectivity index (χ0) is 20.4. The van der Waals surface area contributed by atoms with Gasteiger partial charge < -0.3 is 29.9 Å². The van der Waals surface area contributed by atoms with Crippen molar-refractivity contribution in [1.29, 1.82) is 0 Å². The van der Waals surface area contributed by atoms with Gasteiger partial charge in [-0.15, -0.1) is 0 Å². The quantitative estimate of drug-likeness (QED) is 0.230. The summed E-state index contributed by atoms with van der Waals surface area (Å²) >= 11 is 4.15. The number of ether oxygens (including phenoxy) is 2. The Morgan fingerprint density at radius 2 is 1.25 bits per heavy atom. The number of carbonyl (C=O) groups excluding carboxylic acids is 3. The molecule has 0 radical (unpaired) electrons. The van der Waals surface area contributed by atoms with Crippen LogP contribution in [0, 0.1) is 0 Å². The molecule has 2 N–H and O–H groups in total. The Bertz CT molecular complexity index is 496. The summed E-state index contributed by atoms with van der Waals surface area (Å²) in [6, 6.07) is 0.252. The maximum absolute atomic E-state index is 11.8. The zero-order valence-corrected chi connectivity index (χ0v) is 20.1. The standard InChI is InChI=1S/C17H28I2N4O5/c18-9-15(24)22-5-3-20-13(11-22)1-7-27-17(26)28-8-2-14-12-23(6-4-21-14)16(25)10-19/h13-14,20-21H,1-12H2.